The molecule has 1 fully saturated rings. The first-order valence-electron chi connectivity index (χ1n) is 9.47. The number of aliphatic imine (C=N–C) groups is 1. The van der Waals surface area contributed by atoms with E-state index in [0.29, 0.717) is 13.1 Å². The average Bonchev–Trinajstić information content (AvgIpc) is 3.43. The summed E-state index contributed by atoms with van der Waals surface area (Å²) in [6.07, 6.45) is 4.90. The lowest BCUT2D eigenvalue weighted by Gasteiger charge is -2.12. The predicted octanol–water partition coefficient (Wildman–Crippen LogP) is 2.13. The molecular formula is C19H29IN6O. The summed E-state index contributed by atoms with van der Waals surface area (Å²) in [5, 5.41) is 9.45. The van der Waals surface area contributed by atoms with Gasteiger partial charge in [-0.15, -0.1) is 24.0 Å². The molecule has 0 bridgehead atoms. The van der Waals surface area contributed by atoms with Gasteiger partial charge in [-0.25, -0.2) is 4.98 Å². The van der Waals surface area contributed by atoms with E-state index in [4.69, 9.17) is 0 Å². The first-order valence-corrected chi connectivity index (χ1v) is 9.47. The van der Waals surface area contributed by atoms with E-state index >= 15 is 0 Å². The van der Waals surface area contributed by atoms with Crippen molar-refractivity contribution in [2.75, 3.05) is 26.2 Å². The number of benzene rings is 1. The minimum Gasteiger partial charge on any atom is -0.357 e. The Morgan fingerprint density at radius 3 is 2.78 bits per heavy atom. The van der Waals surface area contributed by atoms with Gasteiger partial charge in [0.05, 0.1) is 17.4 Å². The number of rotatable bonds is 9. The summed E-state index contributed by atoms with van der Waals surface area (Å²) in [5.74, 6) is 1.24. The van der Waals surface area contributed by atoms with Crippen molar-refractivity contribution in [3.63, 3.8) is 0 Å². The Kier molecular flexibility index (Phi) is 8.83. The predicted molar refractivity (Wildman–Crippen MR) is 119 cm³/mol. The smallest absolute Gasteiger partial charge is 0.223 e. The molecule has 8 heteroatoms. The number of carbonyl (C=O) groups excluding carboxylic acids is 1. The first kappa shape index (κ1) is 21.5. The third-order valence-corrected chi connectivity index (χ3v) is 4.36. The SMILES string of the molecule is CCNC(=NCCCn1cnc2ccccc21)NCCNC(=O)C1CC1.I. The van der Waals surface area contributed by atoms with Crippen LogP contribution in [0.4, 0.5) is 0 Å². The number of nitrogens with zero attached hydrogens (tertiary/aromatic N) is 3. The number of carbonyl (C=O) groups is 1. The van der Waals surface area contributed by atoms with E-state index in [2.05, 4.69) is 36.6 Å². The molecule has 0 radical (unpaired) electrons. The van der Waals surface area contributed by atoms with E-state index < -0.39 is 0 Å². The first-order chi connectivity index (χ1) is 12.8. The maximum Gasteiger partial charge on any atom is 0.223 e. The molecule has 1 aliphatic carbocycles. The molecule has 0 unspecified atom stereocenters. The Morgan fingerprint density at radius 1 is 1.22 bits per heavy atom. The second-order valence-electron chi connectivity index (χ2n) is 6.53. The molecule has 0 saturated heterocycles. The fourth-order valence-electron chi connectivity index (χ4n) is 2.82. The normalized spacial score (nSPS) is 13.9. The Balaban J connectivity index is 0.00000261. The van der Waals surface area contributed by atoms with Crippen LogP contribution in [-0.4, -0.2) is 47.6 Å². The number of para-hydroxylation sites is 2. The number of fused-ring (bicyclic) bond motifs is 1. The molecule has 27 heavy (non-hydrogen) atoms. The van der Waals surface area contributed by atoms with Gasteiger partial charge in [0.1, 0.15) is 0 Å². The van der Waals surface area contributed by atoms with Gasteiger partial charge in [-0.1, -0.05) is 12.1 Å². The fraction of sp³-hybridized carbons (Fsp3) is 0.526. The number of nitrogens with one attached hydrogen (secondary N) is 3. The minimum atomic E-state index is 0. The topological polar surface area (TPSA) is 83.3 Å². The summed E-state index contributed by atoms with van der Waals surface area (Å²) < 4.78 is 2.17. The quantitative estimate of drug-likeness (QED) is 0.221. The van der Waals surface area contributed by atoms with Gasteiger partial charge in [0.25, 0.3) is 0 Å². The van der Waals surface area contributed by atoms with Gasteiger partial charge < -0.3 is 20.5 Å². The van der Waals surface area contributed by atoms with Crippen molar-refractivity contribution in [2.24, 2.45) is 10.9 Å². The van der Waals surface area contributed by atoms with Crippen LogP contribution in [0.3, 0.4) is 0 Å². The van der Waals surface area contributed by atoms with Gasteiger partial charge in [0.2, 0.25) is 5.91 Å². The van der Waals surface area contributed by atoms with Crippen LogP contribution in [0.15, 0.2) is 35.6 Å². The highest BCUT2D eigenvalue weighted by molar-refractivity contribution is 14.0. The highest BCUT2D eigenvalue weighted by Crippen LogP contribution is 2.28. The van der Waals surface area contributed by atoms with Gasteiger partial charge in [-0.2, -0.15) is 0 Å². The minimum absolute atomic E-state index is 0. The molecule has 1 heterocycles. The van der Waals surface area contributed by atoms with E-state index in [0.717, 1.165) is 55.9 Å². The van der Waals surface area contributed by atoms with Crippen LogP contribution in [0.5, 0.6) is 0 Å². The zero-order valence-electron chi connectivity index (χ0n) is 15.8. The lowest BCUT2D eigenvalue weighted by Crippen LogP contribution is -2.41. The average molecular weight is 484 g/mol. The summed E-state index contributed by atoms with van der Waals surface area (Å²) in [6.45, 7) is 5.78. The van der Waals surface area contributed by atoms with Crippen molar-refractivity contribution in [1.82, 2.24) is 25.5 Å². The van der Waals surface area contributed by atoms with Crippen LogP contribution in [-0.2, 0) is 11.3 Å². The van der Waals surface area contributed by atoms with Gasteiger partial charge in [-0.05, 0) is 38.3 Å². The molecule has 1 aromatic heterocycles. The van der Waals surface area contributed by atoms with Crippen LogP contribution in [0.1, 0.15) is 26.2 Å². The highest BCUT2D eigenvalue weighted by atomic mass is 127. The largest absolute Gasteiger partial charge is 0.357 e. The fourth-order valence-corrected chi connectivity index (χ4v) is 2.82. The van der Waals surface area contributed by atoms with Crippen molar-refractivity contribution in [3.8, 4) is 0 Å². The summed E-state index contributed by atoms with van der Waals surface area (Å²) in [5.41, 5.74) is 2.19. The lowest BCUT2D eigenvalue weighted by atomic mass is 10.3. The second kappa shape index (κ2) is 11.1. The van der Waals surface area contributed by atoms with Crippen LogP contribution in [0, 0.1) is 5.92 Å². The molecule has 0 aliphatic heterocycles. The number of hydrogen-bond acceptors (Lipinski definition) is 3. The molecule has 3 N–H and O–H groups in total. The zero-order chi connectivity index (χ0) is 18.2. The molecule has 1 aromatic carbocycles. The van der Waals surface area contributed by atoms with E-state index in [9.17, 15) is 4.79 Å². The Morgan fingerprint density at radius 2 is 2.00 bits per heavy atom. The number of aryl methyl sites for hydroxylation is 1. The van der Waals surface area contributed by atoms with Crippen LogP contribution < -0.4 is 16.0 Å². The second-order valence-corrected chi connectivity index (χ2v) is 6.53. The van der Waals surface area contributed by atoms with Gasteiger partial charge in [0.15, 0.2) is 5.96 Å². The summed E-state index contributed by atoms with van der Waals surface area (Å²) >= 11 is 0. The van der Waals surface area contributed by atoms with E-state index in [-0.39, 0.29) is 35.8 Å². The number of amides is 1. The number of aromatic nitrogens is 2. The summed E-state index contributed by atoms with van der Waals surface area (Å²) in [7, 11) is 0. The molecule has 148 valence electrons. The molecular weight excluding hydrogens is 455 g/mol. The van der Waals surface area contributed by atoms with Gasteiger partial charge >= 0.3 is 0 Å². The lowest BCUT2D eigenvalue weighted by molar-refractivity contribution is -0.122. The molecule has 0 spiro atoms. The number of hydrogen-bond donors (Lipinski definition) is 3. The van der Waals surface area contributed by atoms with Crippen molar-refractivity contribution in [2.45, 2.75) is 32.7 Å². The summed E-state index contributed by atoms with van der Waals surface area (Å²) in [4.78, 5) is 20.6. The maximum atomic E-state index is 11.6. The van der Waals surface area contributed by atoms with E-state index in [1.807, 2.05) is 31.5 Å². The van der Waals surface area contributed by atoms with E-state index in [1.54, 1.807) is 0 Å². The van der Waals surface area contributed by atoms with Gasteiger partial charge in [-0.3, -0.25) is 9.79 Å². The molecule has 3 rings (SSSR count). The van der Waals surface area contributed by atoms with Crippen molar-refractivity contribution < 1.29 is 4.79 Å². The van der Waals surface area contributed by atoms with Crippen molar-refractivity contribution in [3.05, 3.63) is 30.6 Å². The zero-order valence-corrected chi connectivity index (χ0v) is 18.1. The number of halogens is 1. The highest BCUT2D eigenvalue weighted by Gasteiger charge is 2.28. The number of imidazole rings is 1. The maximum absolute atomic E-state index is 11.6. The Bertz CT molecular complexity index is 755. The molecule has 0 atom stereocenters. The standard InChI is InChI=1S/C19H28N6O.HI/c1-2-20-19(23-12-11-21-18(26)15-8-9-15)22-10-5-13-25-14-24-16-6-3-4-7-17(16)25;/h3-4,6-7,14-15H,2,5,8-13H2,1H3,(H,21,26)(H2,20,22,23);1H. The molecule has 7 nitrogen and oxygen atoms in total. The van der Waals surface area contributed by atoms with E-state index in [1.165, 1.54) is 0 Å². The Hall–Kier alpha value is -1.84. The molecule has 1 aliphatic rings. The van der Waals surface area contributed by atoms with Crippen molar-refractivity contribution in [1.29, 1.82) is 0 Å². The monoisotopic (exact) mass is 484 g/mol. The van der Waals surface area contributed by atoms with Crippen molar-refractivity contribution >= 4 is 46.9 Å². The number of guanidine groups is 1. The third kappa shape index (κ3) is 6.67. The molecule has 1 saturated carbocycles. The molecule has 2 aromatic rings. The molecule has 1 amide bonds. The van der Waals surface area contributed by atoms with Crippen LogP contribution in [0.2, 0.25) is 0 Å². The van der Waals surface area contributed by atoms with Crippen LogP contribution in [0.25, 0.3) is 11.0 Å². The van der Waals surface area contributed by atoms with Crippen LogP contribution >= 0.6 is 24.0 Å². The Labute approximate surface area is 177 Å². The summed E-state index contributed by atoms with van der Waals surface area (Å²) in [6, 6.07) is 8.16. The third-order valence-electron chi connectivity index (χ3n) is 4.36. The van der Waals surface area contributed by atoms with Gasteiger partial charge in [0, 0.05) is 38.6 Å².